The molecular formula is C19H21NO. The van der Waals surface area contributed by atoms with Crippen molar-refractivity contribution in [1.82, 2.24) is 4.98 Å². The highest BCUT2D eigenvalue weighted by Gasteiger charge is 2.29. The van der Waals surface area contributed by atoms with E-state index in [4.69, 9.17) is 0 Å². The van der Waals surface area contributed by atoms with Gasteiger partial charge in [0.2, 0.25) is 0 Å². The van der Waals surface area contributed by atoms with Crippen molar-refractivity contribution in [3.63, 3.8) is 0 Å². The van der Waals surface area contributed by atoms with Gasteiger partial charge >= 0.3 is 0 Å². The third kappa shape index (κ3) is 3.57. The van der Waals surface area contributed by atoms with Crippen molar-refractivity contribution in [3.05, 3.63) is 66.0 Å². The Morgan fingerprint density at radius 3 is 2.71 bits per heavy atom. The van der Waals surface area contributed by atoms with Gasteiger partial charge in [-0.2, -0.15) is 0 Å². The maximum Gasteiger partial charge on any atom is 0.136 e. The van der Waals surface area contributed by atoms with Gasteiger partial charge in [-0.05, 0) is 48.8 Å². The van der Waals surface area contributed by atoms with Crippen molar-refractivity contribution < 1.29 is 4.79 Å². The van der Waals surface area contributed by atoms with Crippen LogP contribution in [0.15, 0.2) is 54.9 Å². The molecule has 1 aromatic carbocycles. The first-order chi connectivity index (χ1) is 10.3. The molecule has 2 atom stereocenters. The number of ketones is 1. The minimum Gasteiger partial charge on any atom is -0.299 e. The third-order valence-electron chi connectivity index (χ3n) is 4.54. The molecule has 0 spiro atoms. The van der Waals surface area contributed by atoms with Crippen LogP contribution in [-0.2, 0) is 11.2 Å². The highest BCUT2D eigenvalue weighted by molar-refractivity contribution is 5.82. The Morgan fingerprint density at radius 2 is 1.95 bits per heavy atom. The molecule has 2 unspecified atom stereocenters. The molecule has 1 fully saturated rings. The molecule has 0 saturated heterocycles. The fraction of sp³-hybridized carbons (Fsp3) is 0.368. The molecular weight excluding hydrogens is 258 g/mol. The van der Waals surface area contributed by atoms with E-state index in [1.54, 1.807) is 6.20 Å². The maximum atomic E-state index is 12.2. The Morgan fingerprint density at radius 1 is 1.10 bits per heavy atom. The zero-order chi connectivity index (χ0) is 14.5. The summed E-state index contributed by atoms with van der Waals surface area (Å²) in [6.07, 6.45) is 8.34. The molecule has 2 heteroatoms. The molecule has 2 aromatic rings. The summed E-state index contributed by atoms with van der Waals surface area (Å²) < 4.78 is 0. The van der Waals surface area contributed by atoms with E-state index in [2.05, 4.69) is 41.4 Å². The summed E-state index contributed by atoms with van der Waals surface area (Å²) in [5.41, 5.74) is 2.61. The van der Waals surface area contributed by atoms with E-state index in [9.17, 15) is 4.79 Å². The first kappa shape index (κ1) is 14.0. The quantitative estimate of drug-likeness (QED) is 0.841. The summed E-state index contributed by atoms with van der Waals surface area (Å²) in [6.45, 7) is 0. The number of aryl methyl sites for hydroxylation is 1. The van der Waals surface area contributed by atoms with E-state index in [0.29, 0.717) is 11.7 Å². The van der Waals surface area contributed by atoms with Crippen molar-refractivity contribution in [2.24, 2.45) is 5.92 Å². The number of aromatic nitrogens is 1. The fourth-order valence-corrected chi connectivity index (χ4v) is 3.31. The first-order valence-corrected chi connectivity index (χ1v) is 7.79. The molecule has 21 heavy (non-hydrogen) atoms. The van der Waals surface area contributed by atoms with Gasteiger partial charge in [0.25, 0.3) is 0 Å². The number of nitrogens with zero attached hydrogens (tertiary/aromatic N) is 1. The molecule has 2 nitrogen and oxygen atoms in total. The van der Waals surface area contributed by atoms with Crippen LogP contribution < -0.4 is 0 Å². The minimum absolute atomic E-state index is 0.212. The molecule has 0 amide bonds. The van der Waals surface area contributed by atoms with Gasteiger partial charge in [-0.15, -0.1) is 0 Å². The number of Topliss-reactive ketones (excluding diaryl/α,β-unsaturated/α-hetero) is 1. The highest BCUT2D eigenvalue weighted by Crippen LogP contribution is 2.36. The molecule has 0 bridgehead atoms. The Labute approximate surface area is 126 Å². The highest BCUT2D eigenvalue weighted by atomic mass is 16.1. The Kier molecular flexibility index (Phi) is 4.44. The Bertz CT molecular complexity index is 579. The van der Waals surface area contributed by atoms with Gasteiger partial charge in [-0.3, -0.25) is 9.78 Å². The number of benzene rings is 1. The SMILES string of the molecule is O=C1CCC(c2ccccc2)CC1CCc1cccnc1. The number of carbonyl (C=O) groups is 1. The average Bonchev–Trinajstić information content (AvgIpc) is 2.56. The van der Waals surface area contributed by atoms with Crippen molar-refractivity contribution in [2.75, 3.05) is 0 Å². The second kappa shape index (κ2) is 6.66. The largest absolute Gasteiger partial charge is 0.299 e. The summed E-state index contributed by atoms with van der Waals surface area (Å²) in [4.78, 5) is 16.3. The van der Waals surface area contributed by atoms with Gasteiger partial charge in [0, 0.05) is 24.7 Å². The van der Waals surface area contributed by atoms with E-state index in [0.717, 1.165) is 32.1 Å². The zero-order valence-electron chi connectivity index (χ0n) is 12.2. The van der Waals surface area contributed by atoms with E-state index in [1.807, 2.05) is 12.3 Å². The second-order valence-electron chi connectivity index (χ2n) is 5.95. The third-order valence-corrected chi connectivity index (χ3v) is 4.54. The number of pyridine rings is 1. The van der Waals surface area contributed by atoms with Crippen LogP contribution in [0.25, 0.3) is 0 Å². The van der Waals surface area contributed by atoms with Crippen LogP contribution in [0.5, 0.6) is 0 Å². The van der Waals surface area contributed by atoms with Crippen LogP contribution in [-0.4, -0.2) is 10.8 Å². The van der Waals surface area contributed by atoms with Gasteiger partial charge < -0.3 is 0 Å². The first-order valence-electron chi connectivity index (χ1n) is 7.79. The van der Waals surface area contributed by atoms with Gasteiger partial charge in [-0.25, -0.2) is 0 Å². The summed E-state index contributed by atoms with van der Waals surface area (Å²) in [7, 11) is 0. The molecule has 1 heterocycles. The molecule has 0 radical (unpaired) electrons. The van der Waals surface area contributed by atoms with Crippen LogP contribution >= 0.6 is 0 Å². The normalized spacial score (nSPS) is 22.2. The lowest BCUT2D eigenvalue weighted by molar-refractivity contribution is -0.125. The van der Waals surface area contributed by atoms with Gasteiger partial charge in [0.1, 0.15) is 5.78 Å². The maximum absolute atomic E-state index is 12.2. The van der Waals surface area contributed by atoms with Gasteiger partial charge in [0.15, 0.2) is 0 Å². The van der Waals surface area contributed by atoms with Crippen LogP contribution in [0.2, 0.25) is 0 Å². The van der Waals surface area contributed by atoms with E-state index >= 15 is 0 Å². The number of hydrogen-bond donors (Lipinski definition) is 0. The van der Waals surface area contributed by atoms with Crippen LogP contribution in [0, 0.1) is 5.92 Å². The summed E-state index contributed by atoms with van der Waals surface area (Å²) in [5, 5.41) is 0. The molecule has 0 aliphatic heterocycles. The predicted molar refractivity (Wildman–Crippen MR) is 84.1 cm³/mol. The Balaban J connectivity index is 1.63. The summed E-state index contributed by atoms with van der Waals surface area (Å²) >= 11 is 0. The molecule has 1 aromatic heterocycles. The van der Waals surface area contributed by atoms with E-state index in [1.165, 1.54) is 11.1 Å². The van der Waals surface area contributed by atoms with Crippen molar-refractivity contribution >= 4 is 5.78 Å². The van der Waals surface area contributed by atoms with Crippen LogP contribution in [0.3, 0.4) is 0 Å². The lowest BCUT2D eigenvalue weighted by Gasteiger charge is -2.28. The molecule has 1 aliphatic carbocycles. The second-order valence-corrected chi connectivity index (χ2v) is 5.95. The van der Waals surface area contributed by atoms with Crippen molar-refractivity contribution in [1.29, 1.82) is 0 Å². The molecule has 1 aliphatic rings. The molecule has 3 rings (SSSR count). The standard InChI is InChI=1S/C19H21NO/c21-19-11-10-17(16-6-2-1-3-7-16)13-18(19)9-8-15-5-4-12-20-14-15/h1-7,12,14,17-18H,8-11,13H2. The Hall–Kier alpha value is -1.96. The molecule has 1 saturated carbocycles. The van der Waals surface area contributed by atoms with Crippen molar-refractivity contribution in [2.45, 2.75) is 38.0 Å². The van der Waals surface area contributed by atoms with Gasteiger partial charge in [0.05, 0.1) is 0 Å². The average molecular weight is 279 g/mol. The van der Waals surface area contributed by atoms with E-state index < -0.39 is 0 Å². The van der Waals surface area contributed by atoms with Crippen LogP contribution in [0.4, 0.5) is 0 Å². The zero-order valence-corrected chi connectivity index (χ0v) is 12.2. The lowest BCUT2D eigenvalue weighted by atomic mass is 9.75. The fourth-order valence-electron chi connectivity index (χ4n) is 3.31. The van der Waals surface area contributed by atoms with E-state index in [-0.39, 0.29) is 5.92 Å². The minimum atomic E-state index is 0.212. The van der Waals surface area contributed by atoms with Gasteiger partial charge in [-0.1, -0.05) is 36.4 Å². The predicted octanol–water partition coefficient (Wildman–Crippen LogP) is 4.17. The monoisotopic (exact) mass is 279 g/mol. The number of carbonyl (C=O) groups excluding carboxylic acids is 1. The lowest BCUT2D eigenvalue weighted by Crippen LogP contribution is -2.24. The van der Waals surface area contributed by atoms with Crippen molar-refractivity contribution in [3.8, 4) is 0 Å². The summed E-state index contributed by atoms with van der Waals surface area (Å²) in [5.74, 6) is 1.21. The topological polar surface area (TPSA) is 30.0 Å². The number of rotatable bonds is 4. The number of hydrogen-bond acceptors (Lipinski definition) is 2. The van der Waals surface area contributed by atoms with Crippen LogP contribution in [0.1, 0.15) is 42.7 Å². The molecule has 0 N–H and O–H groups in total. The summed E-state index contributed by atoms with van der Waals surface area (Å²) in [6, 6.07) is 14.7. The smallest absolute Gasteiger partial charge is 0.136 e. The molecule has 108 valence electrons.